The first-order chi connectivity index (χ1) is 21.7. The van der Waals surface area contributed by atoms with Crippen molar-refractivity contribution < 1.29 is 28.5 Å². The van der Waals surface area contributed by atoms with E-state index in [1.165, 1.54) is 0 Å². The molecule has 1 aliphatic heterocycles. The summed E-state index contributed by atoms with van der Waals surface area (Å²) in [5, 5.41) is 5.54. The number of rotatable bonds is 8. The molecule has 1 unspecified atom stereocenters. The highest BCUT2D eigenvalue weighted by Crippen LogP contribution is 2.24. The summed E-state index contributed by atoms with van der Waals surface area (Å²) in [6.45, 7) is 11.5. The number of nitrogens with two attached hydrogens (primary N) is 1. The molecule has 4 rings (SSSR count). The van der Waals surface area contributed by atoms with Gasteiger partial charge in [-0.25, -0.2) is 24.5 Å². The molecule has 0 saturated carbocycles. The molecule has 3 aromatic heterocycles. The lowest BCUT2D eigenvalue weighted by atomic mass is 10.1. The van der Waals surface area contributed by atoms with Crippen molar-refractivity contribution in [3.63, 3.8) is 0 Å². The molecule has 1 aliphatic rings. The van der Waals surface area contributed by atoms with E-state index >= 15 is 0 Å². The predicted octanol–water partition coefficient (Wildman–Crippen LogP) is 4.70. The lowest BCUT2D eigenvalue weighted by molar-refractivity contribution is -0.194. The van der Waals surface area contributed by atoms with Gasteiger partial charge in [-0.3, -0.25) is 5.32 Å². The van der Waals surface area contributed by atoms with Crippen LogP contribution >= 0.6 is 0 Å². The number of carbonyl (C=O) groups is 2. The molecule has 1 fully saturated rings. The number of imidazole rings is 1. The lowest BCUT2D eigenvalue weighted by Gasteiger charge is -2.29. The number of hydrogen-bond acceptors (Lipinski definition) is 10. The molecule has 0 bridgehead atoms. The van der Waals surface area contributed by atoms with Crippen LogP contribution < -0.4 is 16.4 Å². The minimum atomic E-state index is -0.637. The number of fused-ring (bicyclic) bond motifs is 1. The summed E-state index contributed by atoms with van der Waals surface area (Å²) in [4.78, 5) is 38.4. The van der Waals surface area contributed by atoms with Gasteiger partial charge in [0.15, 0.2) is 6.29 Å². The largest absolute Gasteiger partial charge is 0.444 e. The fourth-order valence-corrected chi connectivity index (χ4v) is 4.74. The van der Waals surface area contributed by atoms with Gasteiger partial charge < -0.3 is 34.6 Å². The van der Waals surface area contributed by atoms with Crippen LogP contribution in [0.5, 0.6) is 0 Å². The molecule has 4 N–H and O–H groups in total. The molecule has 0 radical (unpaired) electrons. The van der Waals surface area contributed by atoms with Crippen LogP contribution in [-0.4, -0.2) is 62.0 Å². The van der Waals surface area contributed by atoms with Crippen molar-refractivity contribution in [3.05, 3.63) is 47.2 Å². The van der Waals surface area contributed by atoms with Gasteiger partial charge in [-0.15, -0.1) is 0 Å². The zero-order valence-electron chi connectivity index (χ0n) is 27.7. The molecular formula is C33H45N7O6. The van der Waals surface area contributed by atoms with E-state index < -0.39 is 29.6 Å². The van der Waals surface area contributed by atoms with Crippen molar-refractivity contribution >= 4 is 29.0 Å². The molecule has 0 spiro atoms. The fourth-order valence-electron chi connectivity index (χ4n) is 4.74. The monoisotopic (exact) mass is 635 g/mol. The summed E-state index contributed by atoms with van der Waals surface area (Å²) in [5.41, 5.74) is 8.68. The molecule has 3 aromatic rings. The summed E-state index contributed by atoms with van der Waals surface area (Å²) in [6, 6.07) is 5.58. The zero-order valence-corrected chi connectivity index (χ0v) is 27.7. The molecule has 1 saturated heterocycles. The van der Waals surface area contributed by atoms with E-state index in [0.717, 1.165) is 25.0 Å². The highest BCUT2D eigenvalue weighted by Gasteiger charge is 2.24. The summed E-state index contributed by atoms with van der Waals surface area (Å²) in [7, 11) is 1.84. The predicted molar refractivity (Wildman–Crippen MR) is 172 cm³/mol. The van der Waals surface area contributed by atoms with Gasteiger partial charge in [-0.1, -0.05) is 12.0 Å². The Bertz CT molecular complexity index is 1590. The van der Waals surface area contributed by atoms with Gasteiger partial charge in [0.05, 0.1) is 29.6 Å². The summed E-state index contributed by atoms with van der Waals surface area (Å²) in [6.07, 6.45) is 3.24. The second-order valence-electron chi connectivity index (χ2n) is 13.1. The second kappa shape index (κ2) is 14.8. The molecule has 0 aromatic carbocycles. The second-order valence-corrected chi connectivity index (χ2v) is 13.1. The fraction of sp³-hybridized carbons (Fsp3) is 0.545. The summed E-state index contributed by atoms with van der Waals surface area (Å²) < 4.78 is 24.4. The Balaban J connectivity index is 1.48. The SMILES string of the molecule is Cn1cnc2c(CNC(=O)OC(C)(C)C)nc(N)c(C#Cc3cccc(CC[C@@H](NC(=O)OC(C)(C)C)OC4CCCCO4)n3)c21. The number of carbonyl (C=O) groups excluding carboxylic acids is 2. The number of hydrogen-bond donors (Lipinski definition) is 3. The molecule has 46 heavy (non-hydrogen) atoms. The number of nitrogens with one attached hydrogen (secondary N) is 2. The van der Waals surface area contributed by atoms with Gasteiger partial charge in [-0.05, 0) is 91.7 Å². The van der Waals surface area contributed by atoms with Gasteiger partial charge in [-0.2, -0.15) is 0 Å². The number of alkyl carbamates (subject to hydrolysis) is 2. The molecule has 4 heterocycles. The van der Waals surface area contributed by atoms with Crippen molar-refractivity contribution in [1.82, 2.24) is 30.2 Å². The van der Waals surface area contributed by atoms with Crippen molar-refractivity contribution in [3.8, 4) is 11.8 Å². The quantitative estimate of drug-likeness (QED) is 0.233. The number of amides is 2. The van der Waals surface area contributed by atoms with Crippen LogP contribution in [-0.2, 0) is 39.0 Å². The first kappa shape index (κ1) is 34.5. The van der Waals surface area contributed by atoms with E-state index in [1.54, 1.807) is 27.1 Å². The smallest absolute Gasteiger partial charge is 0.409 e. The van der Waals surface area contributed by atoms with E-state index in [-0.39, 0.29) is 18.7 Å². The number of anilines is 1. The van der Waals surface area contributed by atoms with Crippen LogP contribution in [0.25, 0.3) is 11.0 Å². The van der Waals surface area contributed by atoms with Gasteiger partial charge in [0.1, 0.15) is 34.5 Å². The van der Waals surface area contributed by atoms with Crippen molar-refractivity contribution in [2.24, 2.45) is 7.05 Å². The van der Waals surface area contributed by atoms with Crippen LogP contribution in [0.4, 0.5) is 15.4 Å². The Kier molecular flexibility index (Phi) is 11.1. The molecule has 0 aliphatic carbocycles. The number of pyridine rings is 2. The standard InChI is InChI=1S/C33H45N7O6/c1-32(2,3)45-30(41)35-19-24-27-28(40(7)20-36-27)23(29(34)38-24)16-14-21-11-10-12-22(37-21)15-17-25(39-31(42)46-33(4,5)6)44-26-13-8-9-18-43-26/h10-12,20,25-26H,8-9,13,15,17-19H2,1-7H3,(H2,34,38)(H,35,41)(H,39,42)/t25-,26?/m0/s1. The average Bonchev–Trinajstić information content (AvgIpc) is 3.34. The first-order valence-electron chi connectivity index (χ1n) is 15.5. The molecule has 2 atom stereocenters. The third kappa shape index (κ3) is 10.3. The van der Waals surface area contributed by atoms with Crippen molar-refractivity contribution in [1.29, 1.82) is 0 Å². The minimum absolute atomic E-state index is 0.0876. The molecule has 2 amide bonds. The number of aryl methyl sites for hydroxylation is 2. The van der Waals surface area contributed by atoms with Crippen LogP contribution in [0, 0.1) is 11.8 Å². The summed E-state index contributed by atoms with van der Waals surface area (Å²) >= 11 is 0. The van der Waals surface area contributed by atoms with E-state index in [0.29, 0.717) is 47.4 Å². The van der Waals surface area contributed by atoms with Gasteiger partial charge in [0.2, 0.25) is 0 Å². The van der Waals surface area contributed by atoms with E-state index in [4.69, 9.17) is 29.7 Å². The third-order valence-corrected chi connectivity index (χ3v) is 6.67. The highest BCUT2D eigenvalue weighted by molar-refractivity contribution is 5.88. The maximum Gasteiger partial charge on any atom is 0.409 e. The normalized spacial score (nSPS) is 15.8. The Morgan fingerprint density at radius 2 is 1.83 bits per heavy atom. The Hall–Kier alpha value is -4.41. The Labute approximate surface area is 269 Å². The Morgan fingerprint density at radius 3 is 2.52 bits per heavy atom. The maximum atomic E-state index is 12.5. The topological polar surface area (TPSA) is 165 Å². The third-order valence-electron chi connectivity index (χ3n) is 6.67. The summed E-state index contributed by atoms with van der Waals surface area (Å²) in [5.74, 6) is 6.44. The number of nitrogen functional groups attached to an aromatic ring is 1. The molecular weight excluding hydrogens is 590 g/mol. The van der Waals surface area contributed by atoms with Crippen LogP contribution in [0.15, 0.2) is 24.5 Å². The Morgan fingerprint density at radius 1 is 1.09 bits per heavy atom. The van der Waals surface area contributed by atoms with E-state index in [2.05, 4.69) is 32.4 Å². The van der Waals surface area contributed by atoms with Crippen molar-refractivity contribution in [2.45, 2.75) is 104 Å². The van der Waals surface area contributed by atoms with Gasteiger partial charge >= 0.3 is 12.2 Å². The van der Waals surface area contributed by atoms with Gasteiger partial charge in [0.25, 0.3) is 0 Å². The maximum absolute atomic E-state index is 12.5. The van der Waals surface area contributed by atoms with Crippen molar-refractivity contribution in [2.75, 3.05) is 12.3 Å². The van der Waals surface area contributed by atoms with Crippen LogP contribution in [0.2, 0.25) is 0 Å². The average molecular weight is 636 g/mol. The molecule has 248 valence electrons. The van der Waals surface area contributed by atoms with E-state index in [9.17, 15) is 9.59 Å². The number of ether oxygens (including phenoxy) is 4. The minimum Gasteiger partial charge on any atom is -0.444 e. The zero-order chi connectivity index (χ0) is 33.5. The highest BCUT2D eigenvalue weighted by atomic mass is 16.7. The molecule has 13 nitrogen and oxygen atoms in total. The van der Waals surface area contributed by atoms with Gasteiger partial charge in [0, 0.05) is 19.3 Å². The number of nitrogens with zero attached hydrogens (tertiary/aromatic N) is 4. The van der Waals surface area contributed by atoms with E-state index in [1.807, 2.05) is 50.6 Å². The van der Waals surface area contributed by atoms with Crippen LogP contribution in [0.3, 0.4) is 0 Å². The van der Waals surface area contributed by atoms with Crippen LogP contribution in [0.1, 0.15) is 89.9 Å². The number of aromatic nitrogens is 4. The first-order valence-corrected chi connectivity index (χ1v) is 15.5. The lowest BCUT2D eigenvalue weighted by Crippen LogP contribution is -2.43. The molecule has 13 heteroatoms.